The molecule has 0 aliphatic carbocycles. The maximum atomic E-state index is 13.1. The zero-order valence-corrected chi connectivity index (χ0v) is 20.5. The number of halogens is 1. The molecule has 0 bridgehead atoms. The number of hydrogen-bond acceptors (Lipinski definition) is 6. The number of nitrogens with one attached hydrogen (secondary N) is 2. The van der Waals surface area contributed by atoms with Crippen LogP contribution in [0.1, 0.15) is 15.9 Å². The van der Waals surface area contributed by atoms with Crippen LogP contribution < -0.4 is 25.0 Å². The van der Waals surface area contributed by atoms with Crippen LogP contribution in [-0.2, 0) is 16.0 Å². The Balaban J connectivity index is 1.43. The van der Waals surface area contributed by atoms with E-state index in [9.17, 15) is 14.4 Å². The lowest BCUT2D eigenvalue weighted by molar-refractivity contribution is -0.120. The first-order valence-corrected chi connectivity index (χ1v) is 11.5. The van der Waals surface area contributed by atoms with E-state index >= 15 is 0 Å². The van der Waals surface area contributed by atoms with Crippen LogP contribution in [0.15, 0.2) is 83.5 Å². The summed E-state index contributed by atoms with van der Waals surface area (Å²) in [6, 6.07) is 21.2. The maximum absolute atomic E-state index is 13.1. The fraction of sp³-hybridized carbons (Fsp3) is 0.148. The molecule has 0 saturated heterocycles. The van der Waals surface area contributed by atoms with Crippen LogP contribution in [0.2, 0.25) is 0 Å². The van der Waals surface area contributed by atoms with E-state index < -0.39 is 11.8 Å². The molecule has 0 spiro atoms. The smallest absolute Gasteiger partial charge is 0.283 e. The zero-order valence-electron chi connectivity index (χ0n) is 19.7. The standard InChI is InChI=1S/C27H24ClN3O5/c1-35-20-12-13-22(36-2)21(16-20)31-26(33)23(28)24(27(31)34)30-19-10-8-18(9-11-19)25(32)29-15-14-17-6-4-3-5-7-17/h3-13,16,30H,14-15H2,1-2H3,(H,29,32). The molecule has 1 heterocycles. The predicted octanol–water partition coefficient (Wildman–Crippen LogP) is 4.11. The van der Waals surface area contributed by atoms with Gasteiger partial charge in [0.05, 0.1) is 19.9 Å². The number of amides is 3. The third-order valence-corrected chi connectivity index (χ3v) is 5.96. The SMILES string of the molecule is COc1ccc(OC)c(N2C(=O)C(Cl)=C(Nc3ccc(C(=O)NCCc4ccccc4)cc3)C2=O)c1. The largest absolute Gasteiger partial charge is 0.497 e. The summed E-state index contributed by atoms with van der Waals surface area (Å²) in [5, 5.41) is 5.53. The van der Waals surface area contributed by atoms with E-state index in [0.29, 0.717) is 29.3 Å². The first-order chi connectivity index (χ1) is 17.4. The van der Waals surface area contributed by atoms with E-state index in [1.807, 2.05) is 30.3 Å². The van der Waals surface area contributed by atoms with E-state index in [-0.39, 0.29) is 22.3 Å². The van der Waals surface area contributed by atoms with Crippen molar-refractivity contribution >= 4 is 40.7 Å². The maximum Gasteiger partial charge on any atom is 0.283 e. The summed E-state index contributed by atoms with van der Waals surface area (Å²) in [6.07, 6.45) is 0.726. The van der Waals surface area contributed by atoms with Crippen molar-refractivity contribution in [2.45, 2.75) is 6.42 Å². The highest BCUT2D eigenvalue weighted by Gasteiger charge is 2.40. The van der Waals surface area contributed by atoms with E-state index in [1.54, 1.807) is 36.4 Å². The molecule has 36 heavy (non-hydrogen) atoms. The Hall–Kier alpha value is -4.30. The minimum Gasteiger partial charge on any atom is -0.497 e. The molecule has 3 aromatic carbocycles. The van der Waals surface area contributed by atoms with Crippen molar-refractivity contribution in [3.63, 3.8) is 0 Å². The normalized spacial score (nSPS) is 13.1. The van der Waals surface area contributed by atoms with Gasteiger partial charge in [-0.15, -0.1) is 0 Å². The Morgan fingerprint density at radius 3 is 2.31 bits per heavy atom. The Morgan fingerprint density at radius 1 is 0.917 bits per heavy atom. The van der Waals surface area contributed by atoms with Gasteiger partial charge in [-0.25, -0.2) is 4.90 Å². The van der Waals surface area contributed by atoms with Gasteiger partial charge in [0.25, 0.3) is 17.7 Å². The highest BCUT2D eigenvalue weighted by molar-refractivity contribution is 6.53. The van der Waals surface area contributed by atoms with Gasteiger partial charge in [0.2, 0.25) is 0 Å². The Kier molecular flexibility index (Phi) is 7.56. The van der Waals surface area contributed by atoms with Crippen LogP contribution in [-0.4, -0.2) is 38.5 Å². The van der Waals surface area contributed by atoms with E-state index in [2.05, 4.69) is 10.6 Å². The molecule has 8 nitrogen and oxygen atoms in total. The topological polar surface area (TPSA) is 97.0 Å². The summed E-state index contributed by atoms with van der Waals surface area (Å²) in [5.74, 6) is -0.782. The van der Waals surface area contributed by atoms with Gasteiger partial charge in [0.1, 0.15) is 22.2 Å². The monoisotopic (exact) mass is 505 g/mol. The average molecular weight is 506 g/mol. The molecular formula is C27H24ClN3O5. The van der Waals surface area contributed by atoms with Crippen molar-refractivity contribution in [2.24, 2.45) is 0 Å². The lowest BCUT2D eigenvalue weighted by Gasteiger charge is -2.19. The zero-order chi connectivity index (χ0) is 25.7. The molecule has 2 N–H and O–H groups in total. The van der Waals surface area contributed by atoms with Crippen molar-refractivity contribution in [3.8, 4) is 11.5 Å². The molecular weight excluding hydrogens is 482 g/mol. The molecule has 0 radical (unpaired) electrons. The van der Waals surface area contributed by atoms with E-state index in [0.717, 1.165) is 16.9 Å². The molecule has 0 aromatic heterocycles. The van der Waals surface area contributed by atoms with Crippen molar-refractivity contribution in [2.75, 3.05) is 31.0 Å². The second-order valence-corrected chi connectivity index (χ2v) is 8.24. The number of carbonyl (C=O) groups excluding carboxylic acids is 3. The molecule has 0 saturated carbocycles. The highest BCUT2D eigenvalue weighted by atomic mass is 35.5. The third-order valence-electron chi connectivity index (χ3n) is 5.61. The van der Waals surface area contributed by atoms with Gasteiger partial charge in [0, 0.05) is 23.9 Å². The molecule has 1 aliphatic rings. The number of ether oxygens (including phenoxy) is 2. The molecule has 4 rings (SSSR count). The Bertz CT molecular complexity index is 1320. The lowest BCUT2D eigenvalue weighted by atomic mass is 10.1. The molecule has 9 heteroatoms. The summed E-state index contributed by atoms with van der Waals surface area (Å²) in [4.78, 5) is 39.4. The summed E-state index contributed by atoms with van der Waals surface area (Å²) >= 11 is 6.25. The predicted molar refractivity (Wildman–Crippen MR) is 137 cm³/mol. The number of rotatable bonds is 9. The lowest BCUT2D eigenvalue weighted by Crippen LogP contribution is -2.32. The molecule has 3 aromatic rings. The van der Waals surface area contributed by atoms with Gasteiger partial charge in [-0.05, 0) is 48.4 Å². The minimum atomic E-state index is -0.690. The minimum absolute atomic E-state index is 0.0772. The molecule has 3 amide bonds. The number of hydrogen-bond donors (Lipinski definition) is 2. The number of imide groups is 1. The van der Waals surface area contributed by atoms with E-state index in [4.69, 9.17) is 21.1 Å². The fourth-order valence-corrected chi connectivity index (χ4v) is 3.93. The van der Waals surface area contributed by atoms with Gasteiger partial charge in [-0.2, -0.15) is 0 Å². The van der Waals surface area contributed by atoms with Crippen LogP contribution >= 0.6 is 11.6 Å². The molecule has 0 fully saturated rings. The number of nitrogens with zero attached hydrogens (tertiary/aromatic N) is 1. The summed E-state index contributed by atoms with van der Waals surface area (Å²) in [6.45, 7) is 0.505. The van der Waals surface area contributed by atoms with Gasteiger partial charge in [0.15, 0.2) is 0 Å². The van der Waals surface area contributed by atoms with Gasteiger partial charge >= 0.3 is 0 Å². The number of methoxy groups -OCH3 is 2. The van der Waals surface area contributed by atoms with Gasteiger partial charge in [-0.1, -0.05) is 41.9 Å². The van der Waals surface area contributed by atoms with Crippen LogP contribution in [0, 0.1) is 0 Å². The van der Waals surface area contributed by atoms with Crippen molar-refractivity contribution < 1.29 is 23.9 Å². The number of anilines is 2. The van der Waals surface area contributed by atoms with Crippen LogP contribution in [0.5, 0.6) is 11.5 Å². The molecule has 0 atom stereocenters. The van der Waals surface area contributed by atoms with E-state index in [1.165, 1.54) is 20.3 Å². The first kappa shape index (κ1) is 24.8. The van der Waals surface area contributed by atoms with Crippen LogP contribution in [0.4, 0.5) is 11.4 Å². The molecule has 184 valence electrons. The average Bonchev–Trinajstić information content (AvgIpc) is 3.12. The Labute approximate surface area is 213 Å². The second-order valence-electron chi connectivity index (χ2n) is 7.87. The first-order valence-electron chi connectivity index (χ1n) is 11.1. The van der Waals surface area contributed by atoms with Crippen molar-refractivity contribution in [3.05, 3.63) is 94.7 Å². The summed E-state index contributed by atoms with van der Waals surface area (Å²) in [5.41, 5.74) is 2.23. The third kappa shape index (κ3) is 5.18. The molecule has 1 aliphatic heterocycles. The quantitative estimate of drug-likeness (QED) is 0.425. The summed E-state index contributed by atoms with van der Waals surface area (Å²) < 4.78 is 10.5. The van der Waals surface area contributed by atoms with Gasteiger partial charge < -0.3 is 20.1 Å². The van der Waals surface area contributed by atoms with Gasteiger partial charge in [-0.3, -0.25) is 14.4 Å². The van der Waals surface area contributed by atoms with Crippen LogP contribution in [0.3, 0.4) is 0 Å². The number of carbonyl (C=O) groups is 3. The second kappa shape index (κ2) is 11.0. The van der Waals surface area contributed by atoms with Crippen LogP contribution in [0.25, 0.3) is 0 Å². The highest BCUT2D eigenvalue weighted by Crippen LogP contribution is 2.37. The number of benzene rings is 3. The van der Waals surface area contributed by atoms with Crippen molar-refractivity contribution in [1.29, 1.82) is 0 Å². The fourth-order valence-electron chi connectivity index (χ4n) is 3.72. The Morgan fingerprint density at radius 2 is 1.64 bits per heavy atom. The summed E-state index contributed by atoms with van der Waals surface area (Å²) in [7, 11) is 2.91. The molecule has 0 unspecified atom stereocenters. The van der Waals surface area contributed by atoms with Crippen molar-refractivity contribution in [1.82, 2.24) is 5.32 Å².